The SMILES string of the molecule is CN(c1cccc(C(N)=S)c1)C1CCOC2(CCC2)C1. The molecular weight excluding hydrogens is 268 g/mol. The molecule has 0 amide bonds. The van der Waals surface area contributed by atoms with Gasteiger partial charge >= 0.3 is 0 Å². The summed E-state index contributed by atoms with van der Waals surface area (Å²) >= 11 is 5.07. The minimum Gasteiger partial charge on any atom is -0.389 e. The Morgan fingerprint density at radius 1 is 1.45 bits per heavy atom. The fourth-order valence-corrected chi connectivity index (χ4v) is 3.47. The van der Waals surface area contributed by atoms with E-state index in [0.717, 1.165) is 25.0 Å². The van der Waals surface area contributed by atoms with Gasteiger partial charge in [-0.1, -0.05) is 24.4 Å². The maximum Gasteiger partial charge on any atom is 0.104 e. The summed E-state index contributed by atoms with van der Waals surface area (Å²) < 4.78 is 6.01. The highest BCUT2D eigenvalue weighted by Crippen LogP contribution is 2.43. The second kappa shape index (κ2) is 5.34. The Hall–Kier alpha value is -1.13. The molecule has 1 aliphatic heterocycles. The van der Waals surface area contributed by atoms with Crippen molar-refractivity contribution in [1.82, 2.24) is 0 Å². The number of thiocarbonyl (C=S) groups is 1. The minimum absolute atomic E-state index is 0.179. The summed E-state index contributed by atoms with van der Waals surface area (Å²) in [6, 6.07) is 8.76. The largest absolute Gasteiger partial charge is 0.389 e. The lowest BCUT2D eigenvalue weighted by atomic mass is 9.73. The van der Waals surface area contributed by atoms with Gasteiger partial charge in [0.2, 0.25) is 0 Å². The first-order valence-electron chi connectivity index (χ1n) is 7.36. The van der Waals surface area contributed by atoms with Crippen LogP contribution < -0.4 is 10.6 Å². The first-order chi connectivity index (χ1) is 9.60. The van der Waals surface area contributed by atoms with E-state index in [0.29, 0.717) is 11.0 Å². The highest BCUT2D eigenvalue weighted by Gasteiger charge is 2.43. The Labute approximate surface area is 126 Å². The van der Waals surface area contributed by atoms with Crippen molar-refractivity contribution in [3.8, 4) is 0 Å². The lowest BCUT2D eigenvalue weighted by Crippen LogP contribution is -2.51. The molecule has 0 aromatic heterocycles. The zero-order chi connectivity index (χ0) is 14.2. The zero-order valence-corrected chi connectivity index (χ0v) is 12.8. The molecule has 2 aliphatic rings. The number of ether oxygens (including phenoxy) is 1. The van der Waals surface area contributed by atoms with E-state index in [2.05, 4.69) is 24.1 Å². The number of hydrogen-bond acceptors (Lipinski definition) is 3. The number of benzene rings is 1. The first kappa shape index (κ1) is 13.8. The fourth-order valence-electron chi connectivity index (χ4n) is 3.34. The predicted octanol–water partition coefficient (Wildman–Crippen LogP) is 2.86. The molecule has 2 fully saturated rings. The van der Waals surface area contributed by atoms with E-state index in [1.54, 1.807) is 0 Å². The third-order valence-electron chi connectivity index (χ3n) is 4.82. The summed E-state index contributed by atoms with van der Waals surface area (Å²) in [5.41, 5.74) is 8.04. The third kappa shape index (κ3) is 2.54. The average molecular weight is 290 g/mol. The lowest BCUT2D eigenvalue weighted by molar-refractivity contribution is -0.132. The Morgan fingerprint density at radius 3 is 2.90 bits per heavy atom. The van der Waals surface area contributed by atoms with E-state index in [-0.39, 0.29) is 5.60 Å². The van der Waals surface area contributed by atoms with Crippen LogP contribution in [0.1, 0.15) is 37.7 Å². The van der Waals surface area contributed by atoms with Gasteiger partial charge in [-0.3, -0.25) is 0 Å². The molecule has 3 nitrogen and oxygen atoms in total. The monoisotopic (exact) mass is 290 g/mol. The van der Waals surface area contributed by atoms with Crippen molar-refractivity contribution in [1.29, 1.82) is 0 Å². The van der Waals surface area contributed by atoms with E-state index in [4.69, 9.17) is 22.7 Å². The van der Waals surface area contributed by atoms with Gasteiger partial charge in [-0.25, -0.2) is 0 Å². The van der Waals surface area contributed by atoms with Gasteiger partial charge in [0, 0.05) is 30.9 Å². The van der Waals surface area contributed by atoms with Crippen molar-refractivity contribution in [3.63, 3.8) is 0 Å². The Kier molecular flexibility index (Phi) is 3.69. The molecule has 2 N–H and O–H groups in total. The second-order valence-corrected chi connectivity index (χ2v) is 6.50. The second-order valence-electron chi connectivity index (χ2n) is 6.06. The normalized spacial score (nSPS) is 24.1. The summed E-state index contributed by atoms with van der Waals surface area (Å²) in [7, 11) is 2.17. The van der Waals surface area contributed by atoms with Crippen molar-refractivity contribution in [3.05, 3.63) is 29.8 Å². The fraction of sp³-hybridized carbons (Fsp3) is 0.562. The Balaban J connectivity index is 1.76. The van der Waals surface area contributed by atoms with Crippen molar-refractivity contribution in [2.45, 2.75) is 43.7 Å². The summed E-state index contributed by atoms with van der Waals surface area (Å²) in [4.78, 5) is 2.83. The molecular formula is C16H22N2OS. The van der Waals surface area contributed by atoms with Crippen LogP contribution in [0.2, 0.25) is 0 Å². The average Bonchev–Trinajstić information content (AvgIpc) is 2.45. The summed E-state index contributed by atoms with van der Waals surface area (Å²) in [6.07, 6.45) is 6.00. The van der Waals surface area contributed by atoms with Crippen molar-refractivity contribution in [2.24, 2.45) is 5.73 Å². The van der Waals surface area contributed by atoms with Crippen LogP contribution in [0.15, 0.2) is 24.3 Å². The van der Waals surface area contributed by atoms with E-state index >= 15 is 0 Å². The van der Waals surface area contributed by atoms with Gasteiger partial charge in [0.15, 0.2) is 0 Å². The zero-order valence-electron chi connectivity index (χ0n) is 12.0. The molecule has 20 heavy (non-hydrogen) atoms. The van der Waals surface area contributed by atoms with Crippen molar-refractivity contribution in [2.75, 3.05) is 18.6 Å². The highest BCUT2D eigenvalue weighted by molar-refractivity contribution is 7.80. The molecule has 3 rings (SSSR count). The third-order valence-corrected chi connectivity index (χ3v) is 5.05. The topological polar surface area (TPSA) is 38.5 Å². The Morgan fingerprint density at radius 2 is 2.25 bits per heavy atom. The molecule has 0 bridgehead atoms. The maximum absolute atomic E-state index is 6.01. The Bertz CT molecular complexity index is 513. The van der Waals surface area contributed by atoms with Gasteiger partial charge in [-0.2, -0.15) is 0 Å². The van der Waals surface area contributed by atoms with Crippen LogP contribution >= 0.6 is 12.2 Å². The molecule has 1 saturated carbocycles. The molecule has 1 saturated heterocycles. The highest BCUT2D eigenvalue weighted by atomic mass is 32.1. The lowest BCUT2D eigenvalue weighted by Gasteiger charge is -2.49. The molecule has 0 radical (unpaired) electrons. The van der Waals surface area contributed by atoms with Gasteiger partial charge in [-0.05, 0) is 44.2 Å². The molecule has 108 valence electrons. The van der Waals surface area contributed by atoms with Crippen LogP contribution in [0, 0.1) is 0 Å². The van der Waals surface area contributed by atoms with Crippen LogP contribution in [0.25, 0.3) is 0 Å². The van der Waals surface area contributed by atoms with E-state index in [1.165, 1.54) is 24.9 Å². The molecule has 1 atom stereocenters. The van der Waals surface area contributed by atoms with Crippen molar-refractivity contribution < 1.29 is 4.74 Å². The maximum atomic E-state index is 6.01. The summed E-state index contributed by atoms with van der Waals surface area (Å²) in [5, 5.41) is 0. The molecule has 1 aromatic rings. The van der Waals surface area contributed by atoms with Crippen LogP contribution in [0.4, 0.5) is 5.69 Å². The predicted molar refractivity (Wildman–Crippen MR) is 86.3 cm³/mol. The van der Waals surface area contributed by atoms with E-state index in [9.17, 15) is 0 Å². The van der Waals surface area contributed by atoms with E-state index < -0.39 is 0 Å². The van der Waals surface area contributed by atoms with Gasteiger partial charge < -0.3 is 15.4 Å². The van der Waals surface area contributed by atoms with Crippen LogP contribution in [-0.4, -0.2) is 30.3 Å². The molecule has 4 heteroatoms. The summed E-state index contributed by atoms with van der Waals surface area (Å²) in [6.45, 7) is 0.879. The quantitative estimate of drug-likeness (QED) is 0.869. The van der Waals surface area contributed by atoms with Gasteiger partial charge in [0.25, 0.3) is 0 Å². The summed E-state index contributed by atoms with van der Waals surface area (Å²) in [5.74, 6) is 0. The molecule has 1 heterocycles. The molecule has 1 aromatic carbocycles. The number of rotatable bonds is 3. The first-order valence-corrected chi connectivity index (χ1v) is 7.77. The van der Waals surface area contributed by atoms with Crippen LogP contribution in [0.3, 0.4) is 0 Å². The number of nitrogens with zero attached hydrogens (tertiary/aromatic N) is 1. The van der Waals surface area contributed by atoms with Crippen molar-refractivity contribution >= 4 is 22.9 Å². The van der Waals surface area contributed by atoms with Gasteiger partial charge in [-0.15, -0.1) is 0 Å². The smallest absolute Gasteiger partial charge is 0.104 e. The standard InChI is InChI=1S/C16H22N2OS/c1-18(13-5-2-4-12(10-13)15(17)20)14-6-9-19-16(11-14)7-3-8-16/h2,4-5,10,14H,3,6-9,11H2,1H3,(H2,17,20). The van der Waals surface area contributed by atoms with Crippen LogP contribution in [-0.2, 0) is 4.74 Å². The van der Waals surface area contributed by atoms with Crippen LogP contribution in [0.5, 0.6) is 0 Å². The van der Waals surface area contributed by atoms with Gasteiger partial charge in [0.05, 0.1) is 5.60 Å². The molecule has 1 aliphatic carbocycles. The van der Waals surface area contributed by atoms with E-state index in [1.807, 2.05) is 12.1 Å². The van der Waals surface area contributed by atoms with Gasteiger partial charge in [0.1, 0.15) is 4.99 Å². The molecule has 1 unspecified atom stereocenters. The molecule has 1 spiro atoms. The number of hydrogen-bond donors (Lipinski definition) is 1. The minimum atomic E-state index is 0.179. The number of anilines is 1. The number of nitrogens with two attached hydrogens (primary N) is 1.